The van der Waals surface area contributed by atoms with E-state index in [-0.39, 0.29) is 29.0 Å². The molecule has 0 unspecified atom stereocenters. The minimum Gasteiger partial charge on any atom is -0.353 e. The van der Waals surface area contributed by atoms with Crippen molar-refractivity contribution >= 4 is 41.0 Å². The van der Waals surface area contributed by atoms with E-state index in [1.165, 1.54) is 11.8 Å². The van der Waals surface area contributed by atoms with Crippen molar-refractivity contribution in [3.05, 3.63) is 11.2 Å². The van der Waals surface area contributed by atoms with E-state index in [1.54, 1.807) is 6.07 Å². The Labute approximate surface area is 169 Å². The molecule has 2 aliphatic rings. The van der Waals surface area contributed by atoms with Crippen LogP contribution in [-0.4, -0.2) is 64.2 Å². The minimum absolute atomic E-state index is 0.0650. The highest BCUT2D eigenvalue weighted by atomic mass is 35.5. The van der Waals surface area contributed by atoms with Gasteiger partial charge in [0.05, 0.1) is 5.75 Å². The lowest BCUT2D eigenvalue weighted by Gasteiger charge is -2.35. The van der Waals surface area contributed by atoms with Gasteiger partial charge in [-0.1, -0.05) is 23.4 Å². The second-order valence-corrected chi connectivity index (χ2v) is 9.33. The highest BCUT2D eigenvalue weighted by molar-refractivity contribution is 7.99. The summed E-state index contributed by atoms with van der Waals surface area (Å²) >= 11 is 7.43. The molecule has 1 aliphatic heterocycles. The summed E-state index contributed by atoms with van der Waals surface area (Å²) in [5.74, 6) is 1.46. The Kier molecular flexibility index (Phi) is 6.15. The summed E-state index contributed by atoms with van der Waals surface area (Å²) in [6.45, 7) is 8.67. The molecule has 0 spiro atoms. The van der Waals surface area contributed by atoms with Crippen LogP contribution >= 0.6 is 23.4 Å². The van der Waals surface area contributed by atoms with Gasteiger partial charge in [0.15, 0.2) is 5.16 Å². The van der Waals surface area contributed by atoms with E-state index in [9.17, 15) is 9.59 Å². The molecule has 27 heavy (non-hydrogen) atoms. The molecule has 0 bridgehead atoms. The lowest BCUT2D eigenvalue weighted by Crippen LogP contribution is -2.49. The molecule has 1 saturated heterocycles. The molecule has 7 nitrogen and oxygen atoms in total. The van der Waals surface area contributed by atoms with Crippen LogP contribution in [0, 0.1) is 5.92 Å². The van der Waals surface area contributed by atoms with Crippen molar-refractivity contribution < 1.29 is 9.59 Å². The first-order valence-electron chi connectivity index (χ1n) is 9.23. The summed E-state index contributed by atoms with van der Waals surface area (Å²) < 4.78 is 0. The van der Waals surface area contributed by atoms with Gasteiger partial charge in [0.1, 0.15) is 11.0 Å². The maximum absolute atomic E-state index is 12.2. The number of thioether (sulfide) groups is 1. The van der Waals surface area contributed by atoms with Crippen LogP contribution in [0.3, 0.4) is 0 Å². The van der Waals surface area contributed by atoms with Gasteiger partial charge in [0.25, 0.3) is 0 Å². The average Bonchev–Trinajstić information content (AvgIpc) is 3.43. The fourth-order valence-electron chi connectivity index (χ4n) is 2.94. The molecule has 2 heterocycles. The second kappa shape index (κ2) is 8.22. The van der Waals surface area contributed by atoms with Gasteiger partial charge >= 0.3 is 0 Å². The van der Waals surface area contributed by atoms with Crippen molar-refractivity contribution in [2.45, 2.75) is 44.3 Å². The lowest BCUT2D eigenvalue weighted by atomic mass is 10.1. The molecule has 1 N–H and O–H groups in total. The number of hydrogen-bond acceptors (Lipinski definition) is 6. The molecule has 1 aromatic heterocycles. The third kappa shape index (κ3) is 5.97. The van der Waals surface area contributed by atoms with Crippen molar-refractivity contribution in [3.8, 4) is 0 Å². The van der Waals surface area contributed by atoms with Gasteiger partial charge in [-0.15, -0.1) is 0 Å². The quantitative estimate of drug-likeness (QED) is 0.454. The Morgan fingerprint density at radius 1 is 1.22 bits per heavy atom. The number of amides is 2. The highest BCUT2D eigenvalue weighted by Crippen LogP contribution is 2.31. The summed E-state index contributed by atoms with van der Waals surface area (Å²) in [6.07, 6.45) is 2.06. The van der Waals surface area contributed by atoms with E-state index >= 15 is 0 Å². The first-order chi connectivity index (χ1) is 12.7. The number of carbonyl (C=O) groups excluding carboxylic acids is 2. The molecule has 2 amide bonds. The van der Waals surface area contributed by atoms with E-state index < -0.39 is 0 Å². The van der Waals surface area contributed by atoms with Gasteiger partial charge in [-0.3, -0.25) is 9.59 Å². The van der Waals surface area contributed by atoms with Gasteiger partial charge < -0.3 is 15.1 Å². The number of aromatic nitrogens is 2. The Hall–Kier alpha value is -1.54. The van der Waals surface area contributed by atoms with Gasteiger partial charge in [0.2, 0.25) is 11.8 Å². The Bertz CT molecular complexity index is 712. The van der Waals surface area contributed by atoms with E-state index in [0.29, 0.717) is 23.4 Å². The van der Waals surface area contributed by atoms with Crippen molar-refractivity contribution in [1.29, 1.82) is 0 Å². The first kappa shape index (κ1) is 20.2. The highest BCUT2D eigenvalue weighted by Gasteiger charge is 2.34. The number of hydrogen-bond donors (Lipinski definition) is 1. The number of halogens is 1. The predicted molar refractivity (Wildman–Crippen MR) is 107 cm³/mol. The maximum atomic E-state index is 12.2. The predicted octanol–water partition coefficient (Wildman–Crippen LogP) is 2.20. The summed E-state index contributed by atoms with van der Waals surface area (Å²) in [6, 6.07) is 1.74. The van der Waals surface area contributed by atoms with E-state index in [4.69, 9.17) is 11.6 Å². The fraction of sp³-hybridized carbons (Fsp3) is 0.667. The SMILES string of the molecule is CC(C)(C)NC(=O)CSc1nc(Cl)cc(N2CCN(C(=O)C3CC3)CC2)n1. The summed E-state index contributed by atoms with van der Waals surface area (Å²) in [5.41, 5.74) is -0.268. The van der Waals surface area contributed by atoms with Gasteiger partial charge in [-0.2, -0.15) is 0 Å². The van der Waals surface area contributed by atoms with Crippen LogP contribution < -0.4 is 10.2 Å². The number of nitrogens with zero attached hydrogens (tertiary/aromatic N) is 4. The molecule has 2 fully saturated rings. The minimum atomic E-state index is -0.268. The zero-order chi connectivity index (χ0) is 19.6. The molecule has 1 aliphatic carbocycles. The van der Waals surface area contributed by atoms with E-state index in [2.05, 4.69) is 20.2 Å². The van der Waals surface area contributed by atoms with Crippen LogP contribution in [-0.2, 0) is 9.59 Å². The monoisotopic (exact) mass is 411 g/mol. The Balaban J connectivity index is 1.57. The molecule has 0 aromatic carbocycles. The van der Waals surface area contributed by atoms with Crippen LogP contribution in [0.4, 0.5) is 5.82 Å². The zero-order valence-electron chi connectivity index (χ0n) is 16.0. The number of carbonyl (C=O) groups is 2. The normalized spacial score (nSPS) is 17.8. The van der Waals surface area contributed by atoms with E-state index in [0.717, 1.165) is 31.7 Å². The second-order valence-electron chi connectivity index (χ2n) is 8.00. The van der Waals surface area contributed by atoms with Crippen LogP contribution in [0.5, 0.6) is 0 Å². The number of piperazine rings is 1. The first-order valence-corrected chi connectivity index (χ1v) is 10.6. The third-order valence-corrected chi connectivity index (χ3v) is 5.39. The van der Waals surface area contributed by atoms with Crippen molar-refractivity contribution in [1.82, 2.24) is 20.2 Å². The summed E-state index contributed by atoms with van der Waals surface area (Å²) in [4.78, 5) is 37.0. The number of nitrogens with one attached hydrogen (secondary N) is 1. The van der Waals surface area contributed by atoms with Crippen molar-refractivity contribution in [3.63, 3.8) is 0 Å². The smallest absolute Gasteiger partial charge is 0.230 e. The topological polar surface area (TPSA) is 78.4 Å². The summed E-state index contributed by atoms with van der Waals surface area (Å²) in [5, 5.41) is 3.76. The largest absolute Gasteiger partial charge is 0.353 e. The molecule has 0 radical (unpaired) electrons. The Morgan fingerprint density at radius 2 is 1.89 bits per heavy atom. The number of rotatable bonds is 5. The fourth-order valence-corrected chi connectivity index (χ4v) is 3.82. The molecule has 9 heteroatoms. The molecular weight excluding hydrogens is 386 g/mol. The summed E-state index contributed by atoms with van der Waals surface area (Å²) in [7, 11) is 0. The van der Waals surface area contributed by atoms with Crippen LogP contribution in [0.15, 0.2) is 11.2 Å². The molecule has 3 rings (SSSR count). The molecule has 1 aromatic rings. The molecular formula is C18H26ClN5O2S. The zero-order valence-corrected chi connectivity index (χ0v) is 17.6. The van der Waals surface area contributed by atoms with Crippen LogP contribution in [0.25, 0.3) is 0 Å². The van der Waals surface area contributed by atoms with Gasteiger partial charge in [-0.25, -0.2) is 9.97 Å². The van der Waals surface area contributed by atoms with Gasteiger partial charge in [0, 0.05) is 43.7 Å². The molecule has 148 valence electrons. The molecule has 1 saturated carbocycles. The van der Waals surface area contributed by atoms with Crippen LogP contribution in [0.1, 0.15) is 33.6 Å². The van der Waals surface area contributed by atoms with Crippen molar-refractivity contribution in [2.24, 2.45) is 5.92 Å². The van der Waals surface area contributed by atoms with Crippen molar-refractivity contribution in [2.75, 3.05) is 36.8 Å². The maximum Gasteiger partial charge on any atom is 0.230 e. The van der Waals surface area contributed by atoms with Gasteiger partial charge in [-0.05, 0) is 33.6 Å². The average molecular weight is 412 g/mol. The van der Waals surface area contributed by atoms with Crippen LogP contribution in [0.2, 0.25) is 5.15 Å². The number of anilines is 1. The molecule has 0 atom stereocenters. The Morgan fingerprint density at radius 3 is 2.48 bits per heavy atom. The van der Waals surface area contributed by atoms with E-state index in [1.807, 2.05) is 25.7 Å². The lowest BCUT2D eigenvalue weighted by molar-refractivity contribution is -0.132. The standard InChI is InChI=1S/C18H26ClN5O2S/c1-18(2,3)22-15(25)11-27-17-20-13(19)10-14(21-17)23-6-8-24(9-7-23)16(26)12-4-5-12/h10,12H,4-9,11H2,1-3H3,(H,22,25). The third-order valence-electron chi connectivity index (χ3n) is 4.35.